The van der Waals surface area contributed by atoms with E-state index in [-0.39, 0.29) is 12.1 Å². The number of nitrogens with zero attached hydrogens (tertiary/aromatic N) is 2. The van der Waals surface area contributed by atoms with Gasteiger partial charge in [-0.3, -0.25) is 19.0 Å². The summed E-state index contributed by atoms with van der Waals surface area (Å²) in [6.07, 6.45) is 0.349. The molecule has 0 aliphatic carbocycles. The Morgan fingerprint density at radius 3 is 2.64 bits per heavy atom. The Balaban J connectivity index is 1.60. The SMILES string of the molecule is Cc1cccc2c(=O)n(CC(=O)O[C@H](C)C(=O)NCc3ccccc3)cnc12. The number of esters is 1. The maximum absolute atomic E-state index is 12.5. The van der Waals surface area contributed by atoms with E-state index in [0.29, 0.717) is 17.4 Å². The Kier molecular flexibility index (Phi) is 5.84. The molecule has 0 aliphatic rings. The lowest BCUT2D eigenvalue weighted by Crippen LogP contribution is -2.37. The summed E-state index contributed by atoms with van der Waals surface area (Å²) < 4.78 is 6.34. The van der Waals surface area contributed by atoms with E-state index in [2.05, 4.69) is 10.3 Å². The molecule has 1 aromatic heterocycles. The summed E-state index contributed by atoms with van der Waals surface area (Å²) in [6.45, 7) is 3.38. The van der Waals surface area contributed by atoms with Crippen molar-refractivity contribution in [3.05, 3.63) is 76.3 Å². The highest BCUT2D eigenvalue weighted by Gasteiger charge is 2.18. The molecule has 28 heavy (non-hydrogen) atoms. The van der Waals surface area contributed by atoms with Crippen LogP contribution in [0.4, 0.5) is 0 Å². The van der Waals surface area contributed by atoms with Gasteiger partial charge >= 0.3 is 5.97 Å². The summed E-state index contributed by atoms with van der Waals surface area (Å²) in [4.78, 5) is 41.1. The van der Waals surface area contributed by atoms with Gasteiger partial charge in [0.2, 0.25) is 0 Å². The van der Waals surface area contributed by atoms with Crippen molar-refractivity contribution in [2.24, 2.45) is 0 Å². The molecule has 3 rings (SSSR count). The third kappa shape index (κ3) is 4.43. The van der Waals surface area contributed by atoms with Crippen molar-refractivity contribution in [2.75, 3.05) is 0 Å². The number of benzene rings is 2. The van der Waals surface area contributed by atoms with Crippen LogP contribution in [0.1, 0.15) is 18.1 Å². The van der Waals surface area contributed by atoms with Crippen LogP contribution in [0.25, 0.3) is 10.9 Å². The molecule has 0 radical (unpaired) electrons. The van der Waals surface area contributed by atoms with Gasteiger partial charge in [-0.2, -0.15) is 0 Å². The summed E-state index contributed by atoms with van der Waals surface area (Å²) in [7, 11) is 0. The van der Waals surface area contributed by atoms with E-state index in [0.717, 1.165) is 11.1 Å². The summed E-state index contributed by atoms with van der Waals surface area (Å²) in [5, 5.41) is 3.15. The van der Waals surface area contributed by atoms with E-state index in [9.17, 15) is 14.4 Å². The number of aryl methyl sites for hydroxylation is 1. The molecule has 7 heteroatoms. The molecule has 0 unspecified atom stereocenters. The molecule has 1 N–H and O–H groups in total. The van der Waals surface area contributed by atoms with Gasteiger partial charge < -0.3 is 10.1 Å². The molecular formula is C21H21N3O4. The number of fused-ring (bicyclic) bond motifs is 1. The summed E-state index contributed by atoms with van der Waals surface area (Å²) >= 11 is 0. The van der Waals surface area contributed by atoms with Gasteiger partial charge in [0.1, 0.15) is 6.54 Å². The van der Waals surface area contributed by atoms with Crippen molar-refractivity contribution in [2.45, 2.75) is 33.0 Å². The second-order valence-corrected chi connectivity index (χ2v) is 6.48. The smallest absolute Gasteiger partial charge is 0.326 e. The number of amides is 1. The maximum Gasteiger partial charge on any atom is 0.326 e. The standard InChI is InChI=1S/C21H21N3O4/c1-14-7-6-10-17-19(14)23-13-24(21(17)27)12-18(25)28-15(2)20(26)22-11-16-8-4-3-5-9-16/h3-10,13,15H,11-12H2,1-2H3,(H,22,26)/t15-/m1/s1. The molecule has 2 aromatic carbocycles. The van der Waals surface area contributed by atoms with Crippen LogP contribution in [-0.2, 0) is 27.4 Å². The average Bonchev–Trinajstić information content (AvgIpc) is 2.69. The lowest BCUT2D eigenvalue weighted by molar-refractivity contribution is -0.155. The topological polar surface area (TPSA) is 90.3 Å². The molecule has 0 spiro atoms. The van der Waals surface area contributed by atoms with Crippen molar-refractivity contribution < 1.29 is 14.3 Å². The minimum absolute atomic E-state index is 0.313. The first kappa shape index (κ1) is 19.3. The zero-order valence-electron chi connectivity index (χ0n) is 15.7. The highest BCUT2D eigenvalue weighted by molar-refractivity contribution is 5.83. The summed E-state index contributed by atoms with van der Waals surface area (Å²) in [5.41, 5.74) is 2.10. The molecule has 0 saturated carbocycles. The summed E-state index contributed by atoms with van der Waals surface area (Å²) in [6, 6.07) is 14.7. The van der Waals surface area contributed by atoms with E-state index in [4.69, 9.17) is 4.74 Å². The fourth-order valence-corrected chi connectivity index (χ4v) is 2.81. The van der Waals surface area contributed by atoms with Gasteiger partial charge in [0, 0.05) is 6.54 Å². The number of hydrogen-bond donors (Lipinski definition) is 1. The molecule has 0 aliphatic heterocycles. The Bertz CT molecular complexity index is 1060. The number of carbonyl (C=O) groups is 2. The molecule has 1 atom stereocenters. The van der Waals surface area contributed by atoms with Crippen molar-refractivity contribution in [1.29, 1.82) is 0 Å². The Morgan fingerprint density at radius 2 is 1.89 bits per heavy atom. The zero-order chi connectivity index (χ0) is 20.1. The van der Waals surface area contributed by atoms with Gasteiger partial charge in [0.25, 0.3) is 11.5 Å². The van der Waals surface area contributed by atoms with Gasteiger partial charge in [0.15, 0.2) is 6.10 Å². The number of carbonyl (C=O) groups excluding carboxylic acids is 2. The van der Waals surface area contributed by atoms with E-state index in [1.54, 1.807) is 12.1 Å². The van der Waals surface area contributed by atoms with Crippen LogP contribution < -0.4 is 10.9 Å². The lowest BCUT2D eigenvalue weighted by Gasteiger charge is -2.14. The monoisotopic (exact) mass is 379 g/mol. The molecular weight excluding hydrogens is 358 g/mol. The third-order valence-electron chi connectivity index (χ3n) is 4.34. The average molecular weight is 379 g/mol. The third-order valence-corrected chi connectivity index (χ3v) is 4.34. The highest BCUT2D eigenvalue weighted by atomic mass is 16.5. The Hall–Kier alpha value is -3.48. The largest absolute Gasteiger partial charge is 0.451 e. The first-order valence-electron chi connectivity index (χ1n) is 8.91. The maximum atomic E-state index is 12.5. The molecule has 1 heterocycles. The minimum atomic E-state index is -0.970. The van der Waals surface area contributed by atoms with Gasteiger partial charge in [-0.15, -0.1) is 0 Å². The Morgan fingerprint density at radius 1 is 1.14 bits per heavy atom. The molecule has 7 nitrogen and oxygen atoms in total. The number of hydrogen-bond acceptors (Lipinski definition) is 5. The van der Waals surface area contributed by atoms with Crippen molar-refractivity contribution in [3.8, 4) is 0 Å². The van der Waals surface area contributed by atoms with E-state index >= 15 is 0 Å². The van der Waals surface area contributed by atoms with Crippen LogP contribution in [0.3, 0.4) is 0 Å². The van der Waals surface area contributed by atoms with Crippen LogP contribution in [0.5, 0.6) is 0 Å². The van der Waals surface area contributed by atoms with Gasteiger partial charge in [0.05, 0.1) is 17.2 Å². The number of para-hydroxylation sites is 1. The van der Waals surface area contributed by atoms with Crippen LogP contribution in [0.2, 0.25) is 0 Å². The fraction of sp³-hybridized carbons (Fsp3) is 0.238. The van der Waals surface area contributed by atoms with Crippen LogP contribution in [0.15, 0.2) is 59.7 Å². The molecule has 0 fully saturated rings. The quantitative estimate of drug-likeness (QED) is 0.661. The first-order chi connectivity index (χ1) is 13.5. The zero-order valence-corrected chi connectivity index (χ0v) is 15.7. The second kappa shape index (κ2) is 8.47. The molecule has 0 saturated heterocycles. The fourth-order valence-electron chi connectivity index (χ4n) is 2.81. The van der Waals surface area contributed by atoms with Crippen molar-refractivity contribution >= 4 is 22.8 Å². The van der Waals surface area contributed by atoms with Crippen LogP contribution in [0, 0.1) is 6.92 Å². The van der Waals surface area contributed by atoms with Crippen molar-refractivity contribution in [3.63, 3.8) is 0 Å². The van der Waals surface area contributed by atoms with Gasteiger partial charge in [-0.05, 0) is 31.0 Å². The minimum Gasteiger partial charge on any atom is -0.451 e. The normalized spacial score (nSPS) is 11.8. The lowest BCUT2D eigenvalue weighted by atomic mass is 10.1. The second-order valence-electron chi connectivity index (χ2n) is 6.48. The molecule has 0 bridgehead atoms. The predicted molar refractivity (Wildman–Crippen MR) is 105 cm³/mol. The molecule has 144 valence electrons. The highest BCUT2D eigenvalue weighted by Crippen LogP contribution is 2.11. The summed E-state index contributed by atoms with van der Waals surface area (Å²) in [5.74, 6) is -1.09. The van der Waals surface area contributed by atoms with E-state index < -0.39 is 18.0 Å². The van der Waals surface area contributed by atoms with E-state index in [1.165, 1.54) is 17.8 Å². The first-order valence-corrected chi connectivity index (χ1v) is 8.91. The van der Waals surface area contributed by atoms with Crippen molar-refractivity contribution in [1.82, 2.24) is 14.9 Å². The Labute approximate surface area is 162 Å². The van der Waals surface area contributed by atoms with E-state index in [1.807, 2.05) is 43.3 Å². The van der Waals surface area contributed by atoms with Gasteiger partial charge in [-0.1, -0.05) is 42.5 Å². The van der Waals surface area contributed by atoms with Crippen LogP contribution >= 0.6 is 0 Å². The van der Waals surface area contributed by atoms with Gasteiger partial charge in [-0.25, -0.2) is 4.98 Å². The molecule has 3 aromatic rings. The molecule has 1 amide bonds. The number of aromatic nitrogens is 2. The number of ether oxygens (including phenoxy) is 1. The van der Waals surface area contributed by atoms with Crippen LogP contribution in [-0.4, -0.2) is 27.5 Å². The number of nitrogens with one attached hydrogen (secondary N) is 1. The predicted octanol–water partition coefficient (Wildman–Crippen LogP) is 1.95. The number of rotatable bonds is 6.